The van der Waals surface area contributed by atoms with Crippen molar-refractivity contribution in [2.75, 3.05) is 0 Å². The second-order valence-electron chi connectivity index (χ2n) is 13.7. The Labute approximate surface area is 189 Å². The molecule has 3 fully saturated rings. The number of hydrogen-bond acceptors (Lipinski definition) is 2. The highest BCUT2D eigenvalue weighted by Gasteiger charge is 2.69. The Kier molecular flexibility index (Phi) is 4.87. The fourth-order valence-corrected chi connectivity index (χ4v) is 9.61. The molecule has 2 unspecified atom stereocenters. The topological polar surface area (TPSA) is 72.2 Å². The van der Waals surface area contributed by atoms with Gasteiger partial charge in [-0.2, -0.15) is 0 Å². The van der Waals surface area contributed by atoms with E-state index in [-0.39, 0.29) is 11.3 Å². The van der Waals surface area contributed by atoms with Gasteiger partial charge in [0.2, 0.25) is 11.8 Å². The first-order chi connectivity index (χ1) is 14.1. The minimum Gasteiger partial charge on any atom is -0.366 e. The van der Waals surface area contributed by atoms with E-state index in [1.54, 1.807) is 0 Å². The first-order valence-electron chi connectivity index (χ1n) is 12.4. The summed E-state index contributed by atoms with van der Waals surface area (Å²) in [6, 6.07) is 0. The third kappa shape index (κ3) is 2.85. The normalized spacial score (nSPS) is 45.2. The number of nitrogens with one attached hydrogen (secondary N) is 1. The van der Waals surface area contributed by atoms with E-state index in [1.807, 2.05) is 0 Å². The van der Waals surface area contributed by atoms with Crippen LogP contribution in [0.2, 0.25) is 0 Å². The largest absolute Gasteiger partial charge is 0.366 e. The second-order valence-corrected chi connectivity index (χ2v) is 13.7. The molecule has 0 aromatic rings. The van der Waals surface area contributed by atoms with Gasteiger partial charge in [0.1, 0.15) is 0 Å². The van der Waals surface area contributed by atoms with Crippen LogP contribution in [0.3, 0.4) is 0 Å². The van der Waals surface area contributed by atoms with Crippen LogP contribution in [0.15, 0.2) is 11.6 Å². The van der Waals surface area contributed by atoms with Gasteiger partial charge in [-0.1, -0.05) is 55.4 Å². The average molecular weight is 429 g/mol. The molecular formula is C27H44N2O2. The standard InChI is InChI=1S/C27H44N2O2/c1-23(2,3)20-10-9-17-16-11-14-27(24(4,5)6)26(8,18(16)12-13-25(17,20)7)19(22(28)31)15-21(30)29-27/h15-18,20H,9-14H2,1-8H3,(H2,28,31)(H,29,30)/t16-,17-,18+,20?,25-,26-,27?/m0/s1. The van der Waals surface area contributed by atoms with E-state index in [4.69, 9.17) is 5.73 Å². The highest BCUT2D eigenvalue weighted by Crippen LogP contribution is 2.71. The average Bonchev–Trinajstić information content (AvgIpc) is 2.98. The fourth-order valence-electron chi connectivity index (χ4n) is 9.61. The molecule has 3 aliphatic carbocycles. The Morgan fingerprint density at radius 3 is 2.19 bits per heavy atom. The van der Waals surface area contributed by atoms with Crippen LogP contribution in [0.5, 0.6) is 0 Å². The fraction of sp³-hybridized carbons (Fsp3) is 0.852. The summed E-state index contributed by atoms with van der Waals surface area (Å²) in [5, 5.41) is 3.41. The predicted octanol–water partition coefficient (Wildman–Crippen LogP) is 5.22. The van der Waals surface area contributed by atoms with Gasteiger partial charge < -0.3 is 11.1 Å². The minimum atomic E-state index is -0.451. The van der Waals surface area contributed by atoms with Crippen molar-refractivity contribution in [3.63, 3.8) is 0 Å². The molecule has 174 valence electrons. The number of hydrogen-bond donors (Lipinski definition) is 2. The lowest BCUT2D eigenvalue weighted by Gasteiger charge is -2.68. The van der Waals surface area contributed by atoms with E-state index in [0.29, 0.717) is 34.2 Å². The van der Waals surface area contributed by atoms with Crippen molar-refractivity contribution in [2.45, 2.75) is 99.5 Å². The smallest absolute Gasteiger partial charge is 0.245 e. The molecule has 0 saturated heterocycles. The summed E-state index contributed by atoms with van der Waals surface area (Å²) in [6.07, 6.45) is 8.48. The van der Waals surface area contributed by atoms with Gasteiger partial charge in [0.15, 0.2) is 0 Å². The van der Waals surface area contributed by atoms with Crippen molar-refractivity contribution in [2.24, 2.45) is 51.1 Å². The van der Waals surface area contributed by atoms with Crippen LogP contribution in [0, 0.1) is 45.3 Å². The number of nitrogens with two attached hydrogens (primary N) is 1. The molecule has 0 bridgehead atoms. The molecule has 0 spiro atoms. The second kappa shape index (κ2) is 6.60. The highest BCUT2D eigenvalue weighted by atomic mass is 16.2. The van der Waals surface area contributed by atoms with Crippen LogP contribution < -0.4 is 11.1 Å². The van der Waals surface area contributed by atoms with Crippen LogP contribution in [0.4, 0.5) is 0 Å². The van der Waals surface area contributed by atoms with Crippen molar-refractivity contribution in [3.05, 3.63) is 11.6 Å². The third-order valence-corrected chi connectivity index (χ3v) is 10.7. The number of rotatable bonds is 1. The van der Waals surface area contributed by atoms with Crippen molar-refractivity contribution >= 4 is 11.8 Å². The van der Waals surface area contributed by atoms with Crippen LogP contribution in [-0.2, 0) is 9.59 Å². The van der Waals surface area contributed by atoms with Crippen molar-refractivity contribution < 1.29 is 9.59 Å². The molecule has 4 heteroatoms. The van der Waals surface area contributed by atoms with E-state index in [1.165, 1.54) is 25.3 Å². The van der Waals surface area contributed by atoms with Crippen molar-refractivity contribution in [1.29, 1.82) is 0 Å². The Hall–Kier alpha value is -1.32. The summed E-state index contributed by atoms with van der Waals surface area (Å²) < 4.78 is 0. The third-order valence-electron chi connectivity index (χ3n) is 10.7. The molecule has 31 heavy (non-hydrogen) atoms. The molecule has 7 atom stereocenters. The maximum absolute atomic E-state index is 12.8. The molecule has 4 rings (SSSR count). The SMILES string of the molecule is CC(C)(C)C1CC[C@H]2[C@@H]3CCC4(C(C)(C)C)NC(=O)C=C(C(N)=O)[C@]4(C)[C@@H]3CC[C@]12C. The van der Waals surface area contributed by atoms with Gasteiger partial charge in [-0.3, -0.25) is 9.59 Å². The Morgan fingerprint density at radius 1 is 1.00 bits per heavy atom. The summed E-state index contributed by atoms with van der Waals surface area (Å²) >= 11 is 0. The quantitative estimate of drug-likeness (QED) is 0.601. The van der Waals surface area contributed by atoms with Crippen LogP contribution in [0.25, 0.3) is 0 Å². The van der Waals surface area contributed by atoms with Gasteiger partial charge in [-0.15, -0.1) is 0 Å². The Morgan fingerprint density at radius 2 is 1.65 bits per heavy atom. The van der Waals surface area contributed by atoms with Crippen LogP contribution >= 0.6 is 0 Å². The van der Waals surface area contributed by atoms with Gasteiger partial charge in [-0.05, 0) is 78.4 Å². The van der Waals surface area contributed by atoms with Gasteiger partial charge in [0.25, 0.3) is 0 Å². The van der Waals surface area contributed by atoms with E-state index in [0.717, 1.165) is 25.2 Å². The first-order valence-corrected chi connectivity index (χ1v) is 12.4. The van der Waals surface area contributed by atoms with Gasteiger partial charge in [-0.25, -0.2) is 0 Å². The number of carbonyl (C=O) groups is 2. The lowest BCUT2D eigenvalue weighted by Crippen LogP contribution is -2.74. The molecule has 0 radical (unpaired) electrons. The lowest BCUT2D eigenvalue weighted by atomic mass is 9.39. The number of carbonyl (C=O) groups excluding carboxylic acids is 2. The van der Waals surface area contributed by atoms with E-state index < -0.39 is 16.9 Å². The molecule has 4 nitrogen and oxygen atoms in total. The summed E-state index contributed by atoms with van der Waals surface area (Å²) in [7, 11) is 0. The molecule has 1 heterocycles. The predicted molar refractivity (Wildman–Crippen MR) is 125 cm³/mol. The highest BCUT2D eigenvalue weighted by molar-refractivity contribution is 6.03. The molecule has 0 aromatic carbocycles. The minimum absolute atomic E-state index is 0.158. The first kappa shape index (κ1) is 22.9. The van der Waals surface area contributed by atoms with Crippen molar-refractivity contribution in [1.82, 2.24) is 5.32 Å². The molecule has 2 amide bonds. The molecule has 4 aliphatic rings. The van der Waals surface area contributed by atoms with Crippen LogP contribution in [-0.4, -0.2) is 17.4 Å². The number of amides is 2. The Balaban J connectivity index is 1.84. The molecule has 0 aromatic heterocycles. The zero-order chi connectivity index (χ0) is 23.2. The van der Waals surface area contributed by atoms with Gasteiger partial charge >= 0.3 is 0 Å². The zero-order valence-corrected chi connectivity index (χ0v) is 21.0. The van der Waals surface area contributed by atoms with Crippen molar-refractivity contribution in [3.8, 4) is 0 Å². The monoisotopic (exact) mass is 428 g/mol. The molecule has 3 saturated carbocycles. The van der Waals surface area contributed by atoms with Crippen LogP contribution in [0.1, 0.15) is 93.9 Å². The van der Waals surface area contributed by atoms with Gasteiger partial charge in [0.05, 0.1) is 5.54 Å². The van der Waals surface area contributed by atoms with E-state index in [9.17, 15) is 9.59 Å². The summed E-state index contributed by atoms with van der Waals surface area (Å²) in [5.74, 6) is 1.82. The lowest BCUT2D eigenvalue weighted by molar-refractivity contribution is -0.156. The van der Waals surface area contributed by atoms with E-state index >= 15 is 0 Å². The molecule has 1 aliphatic heterocycles. The Bertz CT molecular complexity index is 831. The van der Waals surface area contributed by atoms with Gasteiger partial charge in [0, 0.05) is 17.1 Å². The summed E-state index contributed by atoms with van der Waals surface area (Å²) in [5.41, 5.74) is 6.16. The number of primary amides is 1. The maximum Gasteiger partial charge on any atom is 0.245 e. The zero-order valence-electron chi connectivity index (χ0n) is 21.0. The summed E-state index contributed by atoms with van der Waals surface area (Å²) in [6.45, 7) is 18.7. The maximum atomic E-state index is 12.8. The summed E-state index contributed by atoms with van der Waals surface area (Å²) in [4.78, 5) is 25.5. The number of fused-ring (bicyclic) bond motifs is 5. The molecule has 3 N–H and O–H groups in total. The van der Waals surface area contributed by atoms with E-state index in [2.05, 4.69) is 60.7 Å². The molecular weight excluding hydrogens is 384 g/mol.